The third kappa shape index (κ3) is 5.40. The largest absolute Gasteiger partial charge is 0.366 e. The molecule has 1 aliphatic carbocycles. The summed E-state index contributed by atoms with van der Waals surface area (Å²) >= 11 is 0. The van der Waals surface area contributed by atoms with Crippen molar-refractivity contribution in [3.05, 3.63) is 60.0 Å². The van der Waals surface area contributed by atoms with Crippen LogP contribution in [-0.2, 0) is 15.9 Å². The molecule has 9 nitrogen and oxygen atoms in total. The zero-order chi connectivity index (χ0) is 27.8. The lowest BCUT2D eigenvalue weighted by atomic mass is 9.92. The van der Waals surface area contributed by atoms with Crippen molar-refractivity contribution in [2.24, 2.45) is 0 Å². The smallest absolute Gasteiger partial charge is 0.329 e. The first kappa shape index (κ1) is 26.3. The maximum absolute atomic E-state index is 13.8. The van der Waals surface area contributed by atoms with Crippen LogP contribution in [0, 0.1) is 6.92 Å². The number of hydrogen-bond donors (Lipinski definition) is 1. The monoisotopic (exact) mass is 554 g/mol. The number of ether oxygens (including phenoxy) is 2. The standard InChI is InChI=1S/C32H38N6O3/c1-22-19-24(10-16-33-22)27-7-8-28-30(35-27)38(25-11-17-37(28)21-25)31(39)36-29-20-23(9-15-34-29)5-6-26-12-18-40-32(41-26)13-3-2-4-14-32/h7-10,15-16,19-20,25-26H,2-6,11-14,17-18,21H2,1H3,(H,34,36,39)/t25?,26-/m0/s1. The van der Waals surface area contributed by atoms with Gasteiger partial charge >= 0.3 is 6.03 Å². The van der Waals surface area contributed by atoms with Gasteiger partial charge in [-0.15, -0.1) is 0 Å². The lowest BCUT2D eigenvalue weighted by Crippen LogP contribution is -2.48. The number of fused-ring (bicyclic) bond motifs is 4. The molecule has 1 unspecified atom stereocenters. The van der Waals surface area contributed by atoms with Gasteiger partial charge in [-0.25, -0.2) is 14.8 Å². The van der Waals surface area contributed by atoms with Crippen LogP contribution in [0.4, 0.5) is 22.1 Å². The number of anilines is 3. The number of aromatic nitrogens is 3. The molecule has 4 aliphatic rings. The summed E-state index contributed by atoms with van der Waals surface area (Å²) in [4.78, 5) is 31.7. The highest BCUT2D eigenvalue weighted by atomic mass is 16.7. The molecule has 7 rings (SSSR count). The average Bonchev–Trinajstić information content (AvgIpc) is 3.40. The fourth-order valence-corrected chi connectivity index (χ4v) is 6.86. The SMILES string of the molecule is Cc1cc(-c2ccc3c(n2)N(C(=O)Nc2cc(CC[C@H]4CCOC5(CCCCC5)O4)ccn2)C2CCN3C2)ccn1. The first-order valence-corrected chi connectivity index (χ1v) is 15.1. The number of hydrogen-bond acceptors (Lipinski definition) is 7. The summed E-state index contributed by atoms with van der Waals surface area (Å²) in [5, 5.41) is 3.08. The molecule has 41 heavy (non-hydrogen) atoms. The van der Waals surface area contributed by atoms with Gasteiger partial charge in [0.25, 0.3) is 0 Å². The van der Waals surface area contributed by atoms with Gasteiger partial charge in [-0.1, -0.05) is 6.42 Å². The van der Waals surface area contributed by atoms with Crippen LogP contribution in [0.15, 0.2) is 48.8 Å². The molecular formula is C32H38N6O3. The summed E-state index contributed by atoms with van der Waals surface area (Å²) in [7, 11) is 0. The van der Waals surface area contributed by atoms with E-state index in [0.717, 1.165) is 86.4 Å². The second-order valence-electron chi connectivity index (χ2n) is 11.9. The molecule has 2 bridgehead atoms. The van der Waals surface area contributed by atoms with Crippen molar-refractivity contribution in [2.75, 3.05) is 34.8 Å². The number of carbonyl (C=O) groups excluding carboxylic acids is 1. The van der Waals surface area contributed by atoms with Crippen LogP contribution in [0.2, 0.25) is 0 Å². The molecule has 9 heteroatoms. The van der Waals surface area contributed by atoms with Crippen molar-refractivity contribution in [3.63, 3.8) is 0 Å². The Morgan fingerprint density at radius 2 is 1.95 bits per heavy atom. The van der Waals surface area contributed by atoms with Crippen molar-refractivity contribution < 1.29 is 14.3 Å². The van der Waals surface area contributed by atoms with E-state index in [1.807, 2.05) is 42.2 Å². The number of rotatable bonds is 5. The molecule has 3 aromatic heterocycles. The number of pyridine rings is 3. The molecule has 6 heterocycles. The summed E-state index contributed by atoms with van der Waals surface area (Å²) in [5.41, 5.74) is 4.90. The van der Waals surface area contributed by atoms with Crippen molar-refractivity contribution in [3.8, 4) is 11.3 Å². The van der Waals surface area contributed by atoms with Gasteiger partial charge in [-0.05, 0) is 87.4 Å². The van der Waals surface area contributed by atoms with Crippen LogP contribution in [0.1, 0.15) is 62.6 Å². The molecule has 1 N–H and O–H groups in total. The average molecular weight is 555 g/mol. The second-order valence-corrected chi connectivity index (χ2v) is 11.9. The van der Waals surface area contributed by atoms with E-state index in [0.29, 0.717) is 11.6 Å². The first-order valence-electron chi connectivity index (χ1n) is 15.1. The van der Waals surface area contributed by atoms with E-state index in [1.54, 1.807) is 12.4 Å². The van der Waals surface area contributed by atoms with Crippen molar-refractivity contribution in [2.45, 2.75) is 82.6 Å². The molecular weight excluding hydrogens is 516 g/mol. The van der Waals surface area contributed by atoms with Gasteiger partial charge in [0.15, 0.2) is 11.6 Å². The van der Waals surface area contributed by atoms with Gasteiger partial charge in [-0.3, -0.25) is 15.2 Å². The van der Waals surface area contributed by atoms with E-state index in [9.17, 15) is 4.79 Å². The van der Waals surface area contributed by atoms with Crippen molar-refractivity contribution in [1.82, 2.24) is 15.0 Å². The molecule has 3 aromatic rings. The van der Waals surface area contributed by atoms with Gasteiger partial charge in [0, 0.05) is 49.6 Å². The third-order valence-electron chi connectivity index (χ3n) is 8.98. The summed E-state index contributed by atoms with van der Waals surface area (Å²) in [5.74, 6) is 0.906. The Morgan fingerprint density at radius 3 is 2.83 bits per heavy atom. The van der Waals surface area contributed by atoms with Gasteiger partial charge in [0.1, 0.15) is 5.82 Å². The number of aryl methyl sites for hydroxylation is 2. The molecule has 0 aromatic carbocycles. The molecule has 3 fully saturated rings. The Morgan fingerprint density at radius 1 is 1.07 bits per heavy atom. The van der Waals surface area contributed by atoms with Crippen LogP contribution in [-0.4, -0.2) is 58.6 Å². The molecule has 2 amide bonds. The van der Waals surface area contributed by atoms with Crippen LogP contribution < -0.4 is 15.1 Å². The van der Waals surface area contributed by atoms with Crippen molar-refractivity contribution >= 4 is 23.4 Å². The highest BCUT2D eigenvalue weighted by Crippen LogP contribution is 2.41. The molecule has 2 atom stereocenters. The second kappa shape index (κ2) is 11.0. The van der Waals surface area contributed by atoms with Gasteiger partial charge in [0.05, 0.1) is 30.1 Å². The van der Waals surface area contributed by atoms with E-state index in [2.05, 4.69) is 26.3 Å². The number of nitrogens with one attached hydrogen (secondary N) is 1. The Hall–Kier alpha value is -3.56. The summed E-state index contributed by atoms with van der Waals surface area (Å²) in [6, 6.07) is 12.0. The predicted octanol–water partition coefficient (Wildman–Crippen LogP) is 5.88. The Bertz CT molecular complexity index is 1420. The summed E-state index contributed by atoms with van der Waals surface area (Å²) in [6.07, 6.45) is 13.1. The highest BCUT2D eigenvalue weighted by molar-refractivity contribution is 6.04. The first-order chi connectivity index (χ1) is 20.1. The van der Waals surface area contributed by atoms with E-state index >= 15 is 0 Å². The number of nitrogens with zero attached hydrogens (tertiary/aromatic N) is 5. The van der Waals surface area contributed by atoms with Crippen LogP contribution in [0.5, 0.6) is 0 Å². The minimum atomic E-state index is -0.358. The fraction of sp³-hybridized carbons (Fsp3) is 0.500. The molecule has 0 radical (unpaired) electrons. The molecule has 214 valence electrons. The maximum Gasteiger partial charge on any atom is 0.329 e. The van der Waals surface area contributed by atoms with Gasteiger partial charge < -0.3 is 14.4 Å². The lowest BCUT2D eigenvalue weighted by Gasteiger charge is -2.43. The number of urea groups is 1. The fourth-order valence-electron chi connectivity index (χ4n) is 6.86. The van der Waals surface area contributed by atoms with Gasteiger partial charge in [0.2, 0.25) is 0 Å². The van der Waals surface area contributed by atoms with Crippen LogP contribution in [0.25, 0.3) is 11.3 Å². The van der Waals surface area contributed by atoms with Crippen molar-refractivity contribution in [1.29, 1.82) is 0 Å². The zero-order valence-corrected chi connectivity index (χ0v) is 23.7. The molecule has 1 spiro atoms. The van der Waals surface area contributed by atoms with Gasteiger partial charge in [-0.2, -0.15) is 0 Å². The Kier molecular flexibility index (Phi) is 7.08. The zero-order valence-electron chi connectivity index (χ0n) is 23.7. The minimum absolute atomic E-state index is 0.0744. The quantitative estimate of drug-likeness (QED) is 0.421. The van der Waals surface area contributed by atoms with E-state index in [1.165, 1.54) is 19.3 Å². The molecule has 3 aliphatic heterocycles. The van der Waals surface area contributed by atoms with E-state index in [-0.39, 0.29) is 24.0 Å². The molecule has 1 saturated carbocycles. The summed E-state index contributed by atoms with van der Waals surface area (Å²) in [6.45, 7) is 4.48. The normalized spacial score (nSPS) is 23.0. The topological polar surface area (TPSA) is 92.7 Å². The molecule has 2 saturated heterocycles. The number of amides is 2. The Balaban J connectivity index is 1.06. The predicted molar refractivity (Wildman–Crippen MR) is 158 cm³/mol. The third-order valence-corrected chi connectivity index (χ3v) is 8.98. The Labute approximate surface area is 241 Å². The van der Waals surface area contributed by atoms with E-state index in [4.69, 9.17) is 14.5 Å². The highest BCUT2D eigenvalue weighted by Gasteiger charge is 2.41. The maximum atomic E-state index is 13.8. The minimum Gasteiger partial charge on any atom is -0.366 e. The van der Waals surface area contributed by atoms with Crippen LogP contribution in [0.3, 0.4) is 0 Å². The lowest BCUT2D eigenvalue weighted by molar-refractivity contribution is -0.305. The van der Waals surface area contributed by atoms with Crippen LogP contribution >= 0.6 is 0 Å². The van der Waals surface area contributed by atoms with E-state index < -0.39 is 0 Å². The summed E-state index contributed by atoms with van der Waals surface area (Å²) < 4.78 is 12.6. The number of carbonyl (C=O) groups is 1.